The third kappa shape index (κ3) is 3.54. The Morgan fingerprint density at radius 2 is 2.15 bits per heavy atom. The van der Waals surface area contributed by atoms with Crippen LogP contribution in [0.25, 0.3) is 0 Å². The predicted molar refractivity (Wildman–Crippen MR) is 71.0 cm³/mol. The maximum absolute atomic E-state index is 13.1. The van der Waals surface area contributed by atoms with Crippen LogP contribution in [-0.2, 0) is 11.2 Å². The van der Waals surface area contributed by atoms with E-state index in [-0.39, 0.29) is 24.3 Å². The van der Waals surface area contributed by atoms with E-state index in [0.29, 0.717) is 31.5 Å². The van der Waals surface area contributed by atoms with E-state index >= 15 is 0 Å². The van der Waals surface area contributed by atoms with Crippen molar-refractivity contribution < 1.29 is 18.7 Å². The quantitative estimate of drug-likeness (QED) is 0.923. The molecule has 2 atom stereocenters. The average Bonchev–Trinajstić information content (AvgIpc) is 2.43. The molecule has 0 spiro atoms. The first-order valence-corrected chi connectivity index (χ1v) is 6.87. The zero-order chi connectivity index (χ0) is 14.7. The molecule has 1 aromatic carbocycles. The first-order chi connectivity index (χ1) is 9.47. The van der Waals surface area contributed by atoms with Crippen molar-refractivity contribution in [1.82, 2.24) is 4.90 Å². The summed E-state index contributed by atoms with van der Waals surface area (Å²) in [6.45, 7) is 3.03. The van der Waals surface area contributed by atoms with E-state index in [1.807, 2.05) is 6.92 Å². The molecule has 1 amide bonds. The summed E-state index contributed by atoms with van der Waals surface area (Å²) in [5.41, 5.74) is 0.613. The Morgan fingerprint density at radius 1 is 1.40 bits per heavy atom. The van der Waals surface area contributed by atoms with Gasteiger partial charge in [-0.1, -0.05) is 13.0 Å². The molecule has 1 fully saturated rings. The molecule has 20 heavy (non-hydrogen) atoms. The van der Waals surface area contributed by atoms with Gasteiger partial charge in [-0.25, -0.2) is 8.78 Å². The minimum atomic E-state index is -0.885. The fraction of sp³-hybridized carbons (Fsp3) is 0.533. The van der Waals surface area contributed by atoms with E-state index in [9.17, 15) is 18.7 Å². The molecule has 2 rings (SSSR count). The summed E-state index contributed by atoms with van der Waals surface area (Å²) >= 11 is 0. The Kier molecular flexibility index (Phi) is 4.70. The van der Waals surface area contributed by atoms with Gasteiger partial charge in [0.25, 0.3) is 0 Å². The van der Waals surface area contributed by atoms with Crippen LogP contribution in [0.5, 0.6) is 0 Å². The van der Waals surface area contributed by atoms with Gasteiger partial charge in [0, 0.05) is 19.5 Å². The summed E-state index contributed by atoms with van der Waals surface area (Å²) in [7, 11) is 0. The molecule has 1 heterocycles. The molecular weight excluding hydrogens is 264 g/mol. The first kappa shape index (κ1) is 14.9. The zero-order valence-electron chi connectivity index (χ0n) is 11.5. The van der Waals surface area contributed by atoms with Gasteiger partial charge in [0.1, 0.15) is 0 Å². The number of rotatable bonds is 3. The highest BCUT2D eigenvalue weighted by molar-refractivity contribution is 5.76. The Morgan fingerprint density at radius 3 is 2.80 bits per heavy atom. The number of aryl methyl sites for hydroxylation is 1. The number of halogens is 2. The van der Waals surface area contributed by atoms with E-state index in [1.54, 1.807) is 4.90 Å². The van der Waals surface area contributed by atoms with Crippen LogP contribution >= 0.6 is 0 Å². The highest BCUT2D eigenvalue weighted by Gasteiger charge is 2.26. The van der Waals surface area contributed by atoms with Crippen LogP contribution in [0, 0.1) is 17.6 Å². The lowest BCUT2D eigenvalue weighted by molar-refractivity contribution is -0.134. The number of amides is 1. The normalized spacial score (nSPS) is 22.9. The summed E-state index contributed by atoms with van der Waals surface area (Å²) < 4.78 is 25.8. The number of piperidine rings is 1. The van der Waals surface area contributed by atoms with Crippen LogP contribution in [0.15, 0.2) is 18.2 Å². The average molecular weight is 283 g/mol. The number of nitrogens with zero attached hydrogens (tertiary/aromatic N) is 1. The number of benzene rings is 1. The van der Waals surface area contributed by atoms with Gasteiger partial charge in [0.05, 0.1) is 6.10 Å². The van der Waals surface area contributed by atoms with Gasteiger partial charge in [-0.2, -0.15) is 0 Å². The molecule has 0 aromatic heterocycles. The van der Waals surface area contributed by atoms with Gasteiger partial charge >= 0.3 is 0 Å². The van der Waals surface area contributed by atoms with E-state index in [1.165, 1.54) is 6.07 Å². The van der Waals surface area contributed by atoms with Crippen molar-refractivity contribution in [2.24, 2.45) is 5.92 Å². The Labute approximate surface area is 117 Å². The van der Waals surface area contributed by atoms with Crippen molar-refractivity contribution in [3.8, 4) is 0 Å². The van der Waals surface area contributed by atoms with Crippen LogP contribution in [0.1, 0.15) is 25.3 Å². The molecule has 3 nitrogen and oxygen atoms in total. The number of hydrogen-bond acceptors (Lipinski definition) is 2. The maximum atomic E-state index is 13.1. The summed E-state index contributed by atoms with van der Waals surface area (Å²) in [5, 5.41) is 9.63. The van der Waals surface area contributed by atoms with Crippen molar-refractivity contribution in [3.05, 3.63) is 35.4 Å². The Balaban J connectivity index is 1.87. The standard InChI is InChI=1S/C15H19F2NO2/c1-10-9-18(7-6-14(10)19)15(20)5-3-11-2-4-12(16)13(17)8-11/h2,4,8,10,14,19H,3,5-7,9H2,1H3. The molecule has 2 unspecified atom stereocenters. The van der Waals surface area contributed by atoms with Crippen LogP contribution in [-0.4, -0.2) is 35.1 Å². The Bertz CT molecular complexity index is 493. The van der Waals surface area contributed by atoms with Crippen LogP contribution in [0.2, 0.25) is 0 Å². The van der Waals surface area contributed by atoms with Crippen LogP contribution in [0.3, 0.4) is 0 Å². The van der Waals surface area contributed by atoms with Crippen molar-refractivity contribution in [1.29, 1.82) is 0 Å². The number of aliphatic hydroxyl groups excluding tert-OH is 1. The molecule has 0 saturated carbocycles. The topological polar surface area (TPSA) is 40.5 Å². The number of carbonyl (C=O) groups is 1. The van der Waals surface area contributed by atoms with Crippen molar-refractivity contribution in [2.75, 3.05) is 13.1 Å². The number of carbonyl (C=O) groups excluding carboxylic acids is 1. The molecule has 1 saturated heterocycles. The third-order valence-electron chi connectivity index (χ3n) is 3.82. The largest absolute Gasteiger partial charge is 0.393 e. The monoisotopic (exact) mass is 283 g/mol. The van der Waals surface area contributed by atoms with Crippen LogP contribution < -0.4 is 0 Å². The number of hydrogen-bond donors (Lipinski definition) is 1. The van der Waals surface area contributed by atoms with Crippen molar-refractivity contribution in [2.45, 2.75) is 32.3 Å². The van der Waals surface area contributed by atoms with E-state index in [2.05, 4.69) is 0 Å². The lowest BCUT2D eigenvalue weighted by atomic mass is 9.96. The lowest BCUT2D eigenvalue weighted by Crippen LogP contribution is -2.45. The second-order valence-electron chi connectivity index (χ2n) is 5.42. The van der Waals surface area contributed by atoms with E-state index < -0.39 is 11.6 Å². The molecule has 5 heteroatoms. The Hall–Kier alpha value is -1.49. The van der Waals surface area contributed by atoms with Gasteiger partial charge in [-0.05, 0) is 36.5 Å². The molecule has 0 aliphatic carbocycles. The summed E-state index contributed by atoms with van der Waals surface area (Å²) in [4.78, 5) is 13.8. The molecule has 0 radical (unpaired) electrons. The molecule has 1 N–H and O–H groups in total. The van der Waals surface area contributed by atoms with Gasteiger partial charge in [-0.3, -0.25) is 4.79 Å². The van der Waals surface area contributed by atoms with E-state index in [0.717, 1.165) is 12.1 Å². The zero-order valence-corrected chi connectivity index (χ0v) is 11.5. The number of likely N-dealkylation sites (tertiary alicyclic amines) is 1. The molecule has 1 aliphatic heterocycles. The van der Waals surface area contributed by atoms with Crippen molar-refractivity contribution in [3.63, 3.8) is 0 Å². The summed E-state index contributed by atoms with van der Waals surface area (Å²) in [6, 6.07) is 3.70. The van der Waals surface area contributed by atoms with Crippen LogP contribution in [0.4, 0.5) is 8.78 Å². The smallest absolute Gasteiger partial charge is 0.222 e. The second kappa shape index (κ2) is 6.31. The minimum absolute atomic E-state index is 0.00603. The van der Waals surface area contributed by atoms with Gasteiger partial charge < -0.3 is 10.0 Å². The first-order valence-electron chi connectivity index (χ1n) is 6.87. The molecule has 0 bridgehead atoms. The SMILES string of the molecule is CC1CN(C(=O)CCc2ccc(F)c(F)c2)CCC1O. The fourth-order valence-corrected chi connectivity index (χ4v) is 2.46. The molecule has 110 valence electrons. The number of aliphatic hydroxyl groups is 1. The highest BCUT2D eigenvalue weighted by Crippen LogP contribution is 2.18. The third-order valence-corrected chi connectivity index (χ3v) is 3.82. The lowest BCUT2D eigenvalue weighted by Gasteiger charge is -2.34. The second-order valence-corrected chi connectivity index (χ2v) is 5.42. The van der Waals surface area contributed by atoms with Gasteiger partial charge in [0.2, 0.25) is 5.91 Å². The van der Waals surface area contributed by atoms with E-state index in [4.69, 9.17) is 0 Å². The molecule has 1 aliphatic rings. The predicted octanol–water partition coefficient (Wildman–Crippen LogP) is 2.13. The highest BCUT2D eigenvalue weighted by atomic mass is 19.2. The molecular formula is C15H19F2NO2. The minimum Gasteiger partial charge on any atom is -0.393 e. The summed E-state index contributed by atoms with van der Waals surface area (Å²) in [6.07, 6.45) is 0.917. The maximum Gasteiger partial charge on any atom is 0.222 e. The van der Waals surface area contributed by atoms with Gasteiger partial charge in [-0.15, -0.1) is 0 Å². The van der Waals surface area contributed by atoms with Gasteiger partial charge in [0.15, 0.2) is 11.6 Å². The van der Waals surface area contributed by atoms with Crippen molar-refractivity contribution >= 4 is 5.91 Å². The fourth-order valence-electron chi connectivity index (χ4n) is 2.46. The molecule has 1 aromatic rings. The summed E-state index contributed by atoms with van der Waals surface area (Å²) in [5.74, 6) is -1.69.